The van der Waals surface area contributed by atoms with Crippen molar-refractivity contribution < 1.29 is 27.5 Å². The smallest absolute Gasteiger partial charge is 0.306 e. The Hall–Kier alpha value is -4.72. The quantitative estimate of drug-likeness (QED) is 0.176. The van der Waals surface area contributed by atoms with Crippen LogP contribution in [0.4, 0.5) is 13.2 Å². The van der Waals surface area contributed by atoms with Gasteiger partial charge in [-0.25, -0.2) is 27.8 Å². The minimum Gasteiger partial charge on any atom is -0.463 e. The second kappa shape index (κ2) is 12.9. The lowest BCUT2D eigenvalue weighted by Gasteiger charge is -2.35. The second-order valence-corrected chi connectivity index (χ2v) is 14.7. The lowest BCUT2D eigenvalue weighted by Crippen LogP contribution is -2.47. The molecule has 0 spiro atoms. The van der Waals surface area contributed by atoms with Gasteiger partial charge < -0.3 is 10.5 Å². The molecule has 2 aromatic carbocycles. The molecule has 50 heavy (non-hydrogen) atoms. The number of hydrogen-bond donors (Lipinski definition) is 1. The molecular weight excluding hydrogens is 673 g/mol. The SMILES string of the molecule is Cn1ccc(-c2ccc([C@@]3(CC(C)(C)C)N=C(N)N([C@H](COC(=O)CC4CC4(C)F)c4ccc(Cl)c(-n5ncnc5C(F)F)c4)C3=O)cc2)n1. The number of ether oxygens (including phenoxy) is 1. The molecule has 2 unspecified atom stereocenters. The van der Waals surface area contributed by atoms with Gasteiger partial charge in [0.15, 0.2) is 17.3 Å². The van der Waals surface area contributed by atoms with Gasteiger partial charge in [0, 0.05) is 24.7 Å². The lowest BCUT2D eigenvalue weighted by atomic mass is 9.75. The van der Waals surface area contributed by atoms with Gasteiger partial charge in [-0.05, 0) is 54.5 Å². The zero-order chi connectivity index (χ0) is 36.2. The lowest BCUT2D eigenvalue weighted by molar-refractivity contribution is -0.148. The van der Waals surface area contributed by atoms with Crippen molar-refractivity contribution in [2.75, 3.05) is 6.61 Å². The number of aliphatic imine (C=N–C) groups is 1. The number of alkyl halides is 3. The maximum atomic E-state index is 14.9. The number of guanidine groups is 1. The largest absolute Gasteiger partial charge is 0.463 e. The molecule has 1 aliphatic carbocycles. The number of carbonyl (C=O) groups is 2. The van der Waals surface area contributed by atoms with E-state index >= 15 is 0 Å². The first kappa shape index (κ1) is 35.1. The van der Waals surface area contributed by atoms with Crippen LogP contribution in [0.3, 0.4) is 0 Å². The number of rotatable bonds is 11. The molecule has 3 heterocycles. The molecule has 11 nitrogen and oxygen atoms in total. The van der Waals surface area contributed by atoms with Crippen molar-refractivity contribution in [1.29, 1.82) is 0 Å². The summed E-state index contributed by atoms with van der Waals surface area (Å²) < 4.78 is 50.2. The van der Waals surface area contributed by atoms with E-state index in [1.165, 1.54) is 24.0 Å². The number of aromatic nitrogens is 5. The summed E-state index contributed by atoms with van der Waals surface area (Å²) in [5.41, 5.74) is 5.92. The van der Waals surface area contributed by atoms with Gasteiger partial charge >= 0.3 is 5.97 Å². The molecule has 2 N–H and O–H groups in total. The molecular formula is C35H38ClF3N8O3. The summed E-state index contributed by atoms with van der Waals surface area (Å²) in [6.45, 7) is 7.00. The van der Waals surface area contributed by atoms with Crippen LogP contribution in [0.2, 0.25) is 5.02 Å². The van der Waals surface area contributed by atoms with Crippen LogP contribution in [0.25, 0.3) is 16.9 Å². The molecule has 1 fully saturated rings. The van der Waals surface area contributed by atoms with Crippen LogP contribution in [0.5, 0.6) is 0 Å². The van der Waals surface area contributed by atoms with Gasteiger partial charge in [-0.3, -0.25) is 19.2 Å². The topological polar surface area (TPSA) is 134 Å². The fraction of sp³-hybridized carbons (Fsp3) is 0.429. The number of carbonyl (C=O) groups excluding carboxylic acids is 2. The van der Waals surface area contributed by atoms with Crippen LogP contribution in [0, 0.1) is 11.3 Å². The van der Waals surface area contributed by atoms with Crippen molar-refractivity contribution >= 4 is 29.4 Å². The van der Waals surface area contributed by atoms with E-state index < -0.39 is 52.7 Å². The average Bonchev–Trinajstić information content (AvgIpc) is 3.45. The Morgan fingerprint density at radius 3 is 2.46 bits per heavy atom. The van der Waals surface area contributed by atoms with E-state index in [-0.39, 0.29) is 42.5 Å². The van der Waals surface area contributed by atoms with Gasteiger partial charge in [-0.2, -0.15) is 10.2 Å². The van der Waals surface area contributed by atoms with Crippen molar-refractivity contribution in [2.24, 2.45) is 29.1 Å². The van der Waals surface area contributed by atoms with E-state index in [0.29, 0.717) is 11.1 Å². The number of hydrogen-bond acceptors (Lipinski definition) is 8. The van der Waals surface area contributed by atoms with E-state index in [1.807, 2.05) is 64.3 Å². The van der Waals surface area contributed by atoms with Gasteiger partial charge in [0.05, 0.1) is 28.9 Å². The zero-order valence-corrected chi connectivity index (χ0v) is 29.0. The Labute approximate surface area is 292 Å². The van der Waals surface area contributed by atoms with E-state index in [4.69, 9.17) is 27.1 Å². The molecule has 264 valence electrons. The third kappa shape index (κ3) is 6.85. The van der Waals surface area contributed by atoms with Crippen LogP contribution in [0.1, 0.15) is 76.4 Å². The second-order valence-electron chi connectivity index (χ2n) is 14.3. The molecule has 2 aliphatic rings. The number of esters is 1. The summed E-state index contributed by atoms with van der Waals surface area (Å²) in [6, 6.07) is 12.7. The molecule has 2 aromatic heterocycles. The number of nitrogens with zero attached hydrogens (tertiary/aromatic N) is 7. The van der Waals surface area contributed by atoms with Crippen LogP contribution < -0.4 is 5.73 Å². The molecule has 4 atom stereocenters. The Balaban J connectivity index is 1.40. The number of benzene rings is 2. The summed E-state index contributed by atoms with van der Waals surface area (Å²) in [4.78, 5) is 37.6. The van der Waals surface area contributed by atoms with Gasteiger partial charge in [0.25, 0.3) is 12.3 Å². The Kier molecular flexibility index (Phi) is 9.04. The standard InChI is InChI=1S/C35H38ClF3N8O3/c1-33(2,3)18-35(22-9-6-20(7-10-22)25-12-13-45(5)44-25)31(49)46(32(40)43-35)27(17-50-28(48)15-23-16-34(23,4)39)21-8-11-24(36)26(14-21)47-30(29(37)38)41-19-42-47/h6-14,19,23,27,29H,15-18H2,1-5H3,(H2,40,43)/t23?,27-,34?,35-/m1/s1. The molecule has 15 heteroatoms. The van der Waals surface area contributed by atoms with Gasteiger partial charge in [-0.15, -0.1) is 0 Å². The first-order chi connectivity index (χ1) is 23.5. The molecule has 4 aromatic rings. The third-order valence-electron chi connectivity index (χ3n) is 9.10. The van der Waals surface area contributed by atoms with E-state index in [1.54, 1.807) is 10.7 Å². The monoisotopic (exact) mass is 710 g/mol. The molecule has 1 saturated carbocycles. The summed E-state index contributed by atoms with van der Waals surface area (Å²) in [6.07, 6.45) is 0.231. The average molecular weight is 711 g/mol. The zero-order valence-electron chi connectivity index (χ0n) is 28.3. The molecule has 0 radical (unpaired) electrons. The van der Waals surface area contributed by atoms with Crippen LogP contribution in [-0.2, 0) is 26.9 Å². The highest BCUT2D eigenvalue weighted by Crippen LogP contribution is 2.49. The summed E-state index contributed by atoms with van der Waals surface area (Å²) in [5, 5.41) is 8.49. The van der Waals surface area contributed by atoms with Gasteiger partial charge in [0.2, 0.25) is 0 Å². The highest BCUT2D eigenvalue weighted by molar-refractivity contribution is 6.32. The van der Waals surface area contributed by atoms with Crippen molar-refractivity contribution in [3.8, 4) is 16.9 Å². The number of halogens is 4. The minimum atomic E-state index is -2.96. The normalized spacial score (nSPS) is 22.6. The summed E-state index contributed by atoms with van der Waals surface area (Å²) >= 11 is 6.47. The molecule has 1 amide bonds. The maximum absolute atomic E-state index is 14.9. The van der Waals surface area contributed by atoms with Crippen molar-refractivity contribution in [2.45, 2.75) is 70.6 Å². The molecule has 0 saturated heterocycles. The van der Waals surface area contributed by atoms with E-state index in [9.17, 15) is 22.8 Å². The van der Waals surface area contributed by atoms with E-state index in [2.05, 4.69) is 15.2 Å². The Morgan fingerprint density at radius 1 is 1.16 bits per heavy atom. The highest BCUT2D eigenvalue weighted by atomic mass is 35.5. The van der Waals surface area contributed by atoms with Crippen LogP contribution in [-0.4, -0.2) is 59.6 Å². The van der Waals surface area contributed by atoms with Crippen molar-refractivity contribution in [3.05, 3.63) is 83.0 Å². The minimum absolute atomic E-state index is 0.0627. The van der Waals surface area contributed by atoms with Crippen LogP contribution in [0.15, 0.2) is 66.0 Å². The van der Waals surface area contributed by atoms with Crippen LogP contribution >= 0.6 is 11.6 Å². The number of nitrogens with two attached hydrogens (primary N) is 1. The number of amides is 1. The summed E-state index contributed by atoms with van der Waals surface area (Å²) in [7, 11) is 1.82. The molecule has 6 rings (SSSR count). The van der Waals surface area contributed by atoms with E-state index in [0.717, 1.165) is 22.3 Å². The first-order valence-electron chi connectivity index (χ1n) is 16.1. The van der Waals surface area contributed by atoms with Crippen molar-refractivity contribution in [3.63, 3.8) is 0 Å². The first-order valence-corrected chi connectivity index (χ1v) is 16.5. The Bertz CT molecular complexity index is 1950. The fourth-order valence-corrected chi connectivity index (χ4v) is 6.70. The predicted octanol–water partition coefficient (Wildman–Crippen LogP) is 6.47. The predicted molar refractivity (Wildman–Crippen MR) is 180 cm³/mol. The maximum Gasteiger partial charge on any atom is 0.306 e. The number of aryl methyl sites for hydroxylation is 1. The highest BCUT2D eigenvalue weighted by Gasteiger charge is 2.54. The van der Waals surface area contributed by atoms with Gasteiger partial charge in [-0.1, -0.05) is 62.7 Å². The van der Waals surface area contributed by atoms with Gasteiger partial charge in [0.1, 0.15) is 18.6 Å². The van der Waals surface area contributed by atoms with Crippen molar-refractivity contribution in [1.82, 2.24) is 29.4 Å². The Morgan fingerprint density at radius 2 is 1.86 bits per heavy atom. The fourth-order valence-electron chi connectivity index (χ4n) is 6.50. The molecule has 0 bridgehead atoms. The third-order valence-corrected chi connectivity index (χ3v) is 9.42. The molecule has 1 aliphatic heterocycles. The summed E-state index contributed by atoms with van der Waals surface area (Å²) in [5.74, 6) is -2.36.